The second kappa shape index (κ2) is 5.59. The van der Waals surface area contributed by atoms with Gasteiger partial charge in [0.25, 0.3) is 0 Å². The van der Waals surface area contributed by atoms with Gasteiger partial charge in [-0.15, -0.1) is 0 Å². The molecule has 0 heterocycles. The molecule has 2 aromatic rings. The van der Waals surface area contributed by atoms with Gasteiger partial charge in [0.05, 0.1) is 6.61 Å². The molecule has 1 atom stereocenters. The Morgan fingerprint density at radius 3 is 2.40 bits per heavy atom. The summed E-state index contributed by atoms with van der Waals surface area (Å²) in [5.41, 5.74) is -1.41. The summed E-state index contributed by atoms with van der Waals surface area (Å²) in [6, 6.07) is 10.5. The van der Waals surface area contributed by atoms with Crippen LogP contribution in [-0.4, -0.2) is 11.7 Å². The summed E-state index contributed by atoms with van der Waals surface area (Å²) >= 11 is 0. The maximum atomic E-state index is 13.9. The van der Waals surface area contributed by atoms with Crippen LogP contribution in [0.4, 0.5) is 8.78 Å². The summed E-state index contributed by atoms with van der Waals surface area (Å²) in [4.78, 5) is 0. The van der Waals surface area contributed by atoms with E-state index in [1.165, 1.54) is 19.1 Å². The molecule has 0 aliphatic rings. The van der Waals surface area contributed by atoms with Crippen LogP contribution in [0.5, 0.6) is 5.75 Å². The summed E-state index contributed by atoms with van der Waals surface area (Å²) in [5, 5.41) is 10.7. The number of para-hydroxylation sites is 1. The smallest absolute Gasteiger partial charge is 0.165 e. The number of benzene rings is 2. The molecule has 0 aliphatic heterocycles. The SMILES string of the molecule is CCOc1ccccc1C(C)(O)c1cccc(F)c1F. The van der Waals surface area contributed by atoms with Crippen LogP contribution < -0.4 is 4.74 Å². The van der Waals surface area contributed by atoms with Crippen molar-refractivity contribution in [1.29, 1.82) is 0 Å². The Morgan fingerprint density at radius 1 is 1.05 bits per heavy atom. The minimum absolute atomic E-state index is 0.121. The van der Waals surface area contributed by atoms with Crippen LogP contribution in [0.1, 0.15) is 25.0 Å². The highest BCUT2D eigenvalue weighted by Crippen LogP contribution is 2.36. The molecule has 0 radical (unpaired) electrons. The average Bonchev–Trinajstić information content (AvgIpc) is 2.42. The van der Waals surface area contributed by atoms with Crippen LogP contribution in [0.15, 0.2) is 42.5 Å². The largest absolute Gasteiger partial charge is 0.493 e. The molecule has 0 spiro atoms. The lowest BCUT2D eigenvalue weighted by molar-refractivity contribution is 0.0931. The topological polar surface area (TPSA) is 29.5 Å². The van der Waals surface area contributed by atoms with Crippen LogP contribution >= 0.6 is 0 Å². The predicted octanol–water partition coefficient (Wildman–Crippen LogP) is 3.62. The summed E-state index contributed by atoms with van der Waals surface area (Å²) in [5.74, 6) is -1.59. The van der Waals surface area contributed by atoms with Crippen molar-refractivity contribution in [3.05, 3.63) is 65.2 Å². The average molecular weight is 278 g/mol. The van der Waals surface area contributed by atoms with Crippen molar-refractivity contribution in [2.45, 2.75) is 19.4 Å². The van der Waals surface area contributed by atoms with Gasteiger partial charge in [0.1, 0.15) is 11.4 Å². The monoisotopic (exact) mass is 278 g/mol. The van der Waals surface area contributed by atoms with Gasteiger partial charge < -0.3 is 9.84 Å². The van der Waals surface area contributed by atoms with E-state index in [4.69, 9.17) is 4.74 Å². The zero-order valence-corrected chi connectivity index (χ0v) is 11.4. The van der Waals surface area contributed by atoms with E-state index in [0.29, 0.717) is 17.9 Å². The van der Waals surface area contributed by atoms with Crippen molar-refractivity contribution < 1.29 is 18.6 Å². The second-order valence-electron chi connectivity index (χ2n) is 4.60. The lowest BCUT2D eigenvalue weighted by Crippen LogP contribution is -2.25. The lowest BCUT2D eigenvalue weighted by Gasteiger charge is -2.27. The Hall–Kier alpha value is -1.94. The van der Waals surface area contributed by atoms with Gasteiger partial charge >= 0.3 is 0 Å². The van der Waals surface area contributed by atoms with Crippen LogP contribution in [0.2, 0.25) is 0 Å². The first-order valence-electron chi connectivity index (χ1n) is 6.37. The first kappa shape index (κ1) is 14.5. The molecule has 2 aromatic carbocycles. The third-order valence-electron chi connectivity index (χ3n) is 3.19. The van der Waals surface area contributed by atoms with Crippen molar-refractivity contribution in [3.8, 4) is 5.75 Å². The van der Waals surface area contributed by atoms with E-state index in [1.807, 2.05) is 6.92 Å². The quantitative estimate of drug-likeness (QED) is 0.925. The van der Waals surface area contributed by atoms with Gasteiger partial charge in [-0.05, 0) is 26.0 Å². The number of hydrogen-bond donors (Lipinski definition) is 1. The third-order valence-corrected chi connectivity index (χ3v) is 3.19. The zero-order valence-electron chi connectivity index (χ0n) is 11.4. The van der Waals surface area contributed by atoms with E-state index in [9.17, 15) is 13.9 Å². The number of halogens is 2. The standard InChI is InChI=1S/C16H16F2O2/c1-3-20-14-10-5-4-7-11(14)16(2,19)12-8-6-9-13(17)15(12)18/h4-10,19H,3H2,1-2H3. The molecule has 20 heavy (non-hydrogen) atoms. The molecule has 0 aliphatic carbocycles. The molecule has 2 nitrogen and oxygen atoms in total. The molecule has 0 fully saturated rings. The maximum absolute atomic E-state index is 13.9. The fraction of sp³-hybridized carbons (Fsp3) is 0.250. The summed E-state index contributed by atoms with van der Waals surface area (Å²) in [7, 11) is 0. The van der Waals surface area contributed by atoms with Crippen molar-refractivity contribution in [2.24, 2.45) is 0 Å². The van der Waals surface area contributed by atoms with Crippen LogP contribution in [0, 0.1) is 11.6 Å². The highest BCUT2D eigenvalue weighted by Gasteiger charge is 2.32. The van der Waals surface area contributed by atoms with Crippen LogP contribution in [-0.2, 0) is 5.60 Å². The second-order valence-corrected chi connectivity index (χ2v) is 4.60. The molecule has 0 amide bonds. The Morgan fingerprint density at radius 2 is 1.70 bits per heavy atom. The molecular weight excluding hydrogens is 262 g/mol. The fourth-order valence-electron chi connectivity index (χ4n) is 2.18. The minimum Gasteiger partial charge on any atom is -0.493 e. The molecule has 0 saturated carbocycles. The molecule has 0 saturated heterocycles. The maximum Gasteiger partial charge on any atom is 0.165 e. The summed E-state index contributed by atoms with van der Waals surface area (Å²) in [6.45, 7) is 3.65. The van der Waals surface area contributed by atoms with Gasteiger partial charge in [-0.25, -0.2) is 8.78 Å². The minimum atomic E-state index is -1.68. The van der Waals surface area contributed by atoms with Gasteiger partial charge in [-0.3, -0.25) is 0 Å². The van der Waals surface area contributed by atoms with E-state index < -0.39 is 17.2 Å². The Balaban J connectivity index is 2.57. The van der Waals surface area contributed by atoms with Crippen molar-refractivity contribution >= 4 is 0 Å². The third kappa shape index (κ3) is 2.51. The molecule has 1 unspecified atom stereocenters. The molecular formula is C16H16F2O2. The van der Waals surface area contributed by atoms with Gasteiger partial charge in [-0.1, -0.05) is 30.3 Å². The fourth-order valence-corrected chi connectivity index (χ4v) is 2.18. The predicted molar refractivity (Wildman–Crippen MR) is 72.6 cm³/mol. The highest BCUT2D eigenvalue weighted by atomic mass is 19.2. The van der Waals surface area contributed by atoms with Crippen molar-refractivity contribution in [3.63, 3.8) is 0 Å². The first-order valence-corrected chi connectivity index (χ1v) is 6.37. The first-order chi connectivity index (χ1) is 9.48. The molecule has 1 N–H and O–H groups in total. The molecule has 0 aromatic heterocycles. The molecule has 2 rings (SSSR count). The number of rotatable bonds is 4. The summed E-state index contributed by atoms with van der Waals surface area (Å²) < 4.78 is 32.7. The van der Waals surface area contributed by atoms with E-state index in [2.05, 4.69) is 0 Å². The number of hydrogen-bond acceptors (Lipinski definition) is 2. The highest BCUT2D eigenvalue weighted by molar-refractivity contribution is 5.44. The summed E-state index contributed by atoms with van der Waals surface area (Å²) in [6.07, 6.45) is 0. The van der Waals surface area contributed by atoms with Crippen LogP contribution in [0.3, 0.4) is 0 Å². The normalized spacial score (nSPS) is 13.8. The van der Waals surface area contributed by atoms with E-state index >= 15 is 0 Å². The van der Waals surface area contributed by atoms with E-state index in [-0.39, 0.29) is 5.56 Å². The van der Waals surface area contributed by atoms with E-state index in [0.717, 1.165) is 6.07 Å². The number of ether oxygens (including phenoxy) is 1. The van der Waals surface area contributed by atoms with Gasteiger partial charge in [-0.2, -0.15) is 0 Å². The van der Waals surface area contributed by atoms with Crippen molar-refractivity contribution in [1.82, 2.24) is 0 Å². The Bertz CT molecular complexity index is 609. The molecule has 4 heteroatoms. The van der Waals surface area contributed by atoms with Gasteiger partial charge in [0.15, 0.2) is 11.6 Å². The van der Waals surface area contributed by atoms with Gasteiger partial charge in [0, 0.05) is 11.1 Å². The molecule has 106 valence electrons. The van der Waals surface area contributed by atoms with E-state index in [1.54, 1.807) is 24.3 Å². The van der Waals surface area contributed by atoms with Gasteiger partial charge in [0.2, 0.25) is 0 Å². The Labute approximate surface area is 116 Å². The molecule has 0 bridgehead atoms. The van der Waals surface area contributed by atoms with Crippen molar-refractivity contribution in [2.75, 3.05) is 6.61 Å². The lowest BCUT2D eigenvalue weighted by atomic mass is 9.87. The Kier molecular flexibility index (Phi) is 4.04. The number of aliphatic hydroxyl groups is 1. The van der Waals surface area contributed by atoms with Crippen LogP contribution in [0.25, 0.3) is 0 Å². The zero-order chi connectivity index (χ0) is 14.8.